The van der Waals surface area contributed by atoms with Crippen LogP contribution >= 0.6 is 0 Å². The molecule has 34 heavy (non-hydrogen) atoms. The maximum absolute atomic E-state index is 12.8. The van der Waals surface area contributed by atoms with Gasteiger partial charge in [0, 0.05) is 71.1 Å². The van der Waals surface area contributed by atoms with Crippen LogP contribution in [0, 0.1) is 11.3 Å². The van der Waals surface area contributed by atoms with E-state index in [9.17, 15) is 4.79 Å². The van der Waals surface area contributed by atoms with E-state index in [1.807, 2.05) is 11.0 Å². The number of nitrogens with zero attached hydrogens (tertiary/aromatic N) is 7. The molecule has 1 aromatic heterocycles. The zero-order chi connectivity index (χ0) is 23.3. The zero-order valence-electron chi connectivity index (χ0n) is 19.5. The van der Waals surface area contributed by atoms with E-state index in [1.165, 1.54) is 12.8 Å². The number of nitriles is 1. The Kier molecular flexibility index (Phi) is 6.88. The van der Waals surface area contributed by atoms with Crippen molar-refractivity contribution in [1.82, 2.24) is 20.0 Å². The summed E-state index contributed by atoms with van der Waals surface area (Å²) >= 11 is 0. The highest BCUT2D eigenvalue weighted by Crippen LogP contribution is 2.20. The van der Waals surface area contributed by atoms with Gasteiger partial charge in [0.15, 0.2) is 11.6 Å². The van der Waals surface area contributed by atoms with Crippen molar-refractivity contribution >= 4 is 17.5 Å². The molecule has 0 aliphatic carbocycles. The van der Waals surface area contributed by atoms with E-state index in [0.717, 1.165) is 64.1 Å². The molecule has 1 amide bonds. The molecule has 9 heteroatoms. The van der Waals surface area contributed by atoms with Crippen molar-refractivity contribution in [2.24, 2.45) is 0 Å². The van der Waals surface area contributed by atoms with Crippen LogP contribution in [0.15, 0.2) is 36.4 Å². The van der Waals surface area contributed by atoms with Gasteiger partial charge >= 0.3 is 0 Å². The highest BCUT2D eigenvalue weighted by atomic mass is 16.5. The maximum atomic E-state index is 12.8. The minimum absolute atomic E-state index is 0.00390. The molecule has 3 aliphatic rings. The Morgan fingerprint density at radius 1 is 0.912 bits per heavy atom. The second-order valence-electron chi connectivity index (χ2n) is 9.14. The lowest BCUT2D eigenvalue weighted by Gasteiger charge is -2.37. The fourth-order valence-electron chi connectivity index (χ4n) is 4.90. The summed E-state index contributed by atoms with van der Waals surface area (Å²) in [5, 5.41) is 17.9. The number of anilines is 2. The molecule has 5 rings (SSSR count). The average molecular weight is 462 g/mol. The van der Waals surface area contributed by atoms with E-state index in [4.69, 9.17) is 10.00 Å². The predicted octanol–water partition coefficient (Wildman–Crippen LogP) is 1.61. The number of hydrogen-bond acceptors (Lipinski definition) is 8. The Balaban J connectivity index is 1.10. The normalized spacial score (nSPS) is 21.5. The molecule has 4 heterocycles. The highest BCUT2D eigenvalue weighted by molar-refractivity contribution is 5.94. The van der Waals surface area contributed by atoms with E-state index in [2.05, 4.69) is 37.0 Å². The Labute approximate surface area is 200 Å². The van der Waals surface area contributed by atoms with E-state index < -0.39 is 0 Å². The van der Waals surface area contributed by atoms with Gasteiger partial charge in [-0.15, -0.1) is 10.2 Å². The molecule has 0 radical (unpaired) electrons. The predicted molar refractivity (Wildman–Crippen MR) is 129 cm³/mol. The van der Waals surface area contributed by atoms with Gasteiger partial charge in [-0.2, -0.15) is 5.26 Å². The summed E-state index contributed by atoms with van der Waals surface area (Å²) in [7, 11) is 0. The molecule has 3 saturated heterocycles. The van der Waals surface area contributed by atoms with E-state index >= 15 is 0 Å². The molecule has 1 unspecified atom stereocenters. The van der Waals surface area contributed by atoms with Gasteiger partial charge in [-0.3, -0.25) is 9.69 Å². The smallest absolute Gasteiger partial charge is 0.253 e. The van der Waals surface area contributed by atoms with Crippen LogP contribution < -0.4 is 9.80 Å². The first-order valence-electron chi connectivity index (χ1n) is 12.2. The fourth-order valence-corrected chi connectivity index (χ4v) is 4.90. The van der Waals surface area contributed by atoms with Gasteiger partial charge in [-0.25, -0.2) is 0 Å². The minimum atomic E-state index is 0.00390. The number of aromatic nitrogens is 2. The molecule has 0 bridgehead atoms. The average Bonchev–Trinajstić information content (AvgIpc) is 3.42. The van der Waals surface area contributed by atoms with Gasteiger partial charge < -0.3 is 19.4 Å². The quantitative estimate of drug-likeness (QED) is 0.664. The summed E-state index contributed by atoms with van der Waals surface area (Å²) in [6.45, 7) is 8.62. The first-order chi connectivity index (χ1) is 16.7. The number of piperazine rings is 2. The number of hydrogen-bond donors (Lipinski definition) is 0. The third-order valence-corrected chi connectivity index (χ3v) is 6.97. The lowest BCUT2D eigenvalue weighted by Crippen LogP contribution is -2.49. The lowest BCUT2D eigenvalue weighted by molar-refractivity contribution is 0.0712. The zero-order valence-corrected chi connectivity index (χ0v) is 19.5. The van der Waals surface area contributed by atoms with Crippen molar-refractivity contribution in [2.45, 2.75) is 18.9 Å². The summed E-state index contributed by atoms with van der Waals surface area (Å²) < 4.78 is 5.77. The van der Waals surface area contributed by atoms with Crippen molar-refractivity contribution in [3.63, 3.8) is 0 Å². The van der Waals surface area contributed by atoms with Crippen molar-refractivity contribution in [1.29, 1.82) is 5.26 Å². The largest absolute Gasteiger partial charge is 0.377 e. The lowest BCUT2D eigenvalue weighted by atomic mass is 10.1. The van der Waals surface area contributed by atoms with Crippen LogP contribution in [0.1, 0.15) is 28.8 Å². The third kappa shape index (κ3) is 5.13. The molecular weight excluding hydrogens is 430 g/mol. The van der Waals surface area contributed by atoms with Crippen LogP contribution in [0.5, 0.6) is 0 Å². The maximum Gasteiger partial charge on any atom is 0.253 e. The van der Waals surface area contributed by atoms with Crippen LogP contribution in [0.4, 0.5) is 11.6 Å². The van der Waals surface area contributed by atoms with Gasteiger partial charge in [-0.1, -0.05) is 0 Å². The summed E-state index contributed by atoms with van der Waals surface area (Å²) in [5.41, 5.74) is 1.18. The number of benzene rings is 1. The van der Waals surface area contributed by atoms with Gasteiger partial charge in [-0.05, 0) is 49.2 Å². The van der Waals surface area contributed by atoms with Gasteiger partial charge in [0.25, 0.3) is 5.91 Å². The van der Waals surface area contributed by atoms with Crippen molar-refractivity contribution in [3.05, 3.63) is 47.5 Å². The summed E-state index contributed by atoms with van der Waals surface area (Å²) in [4.78, 5) is 21.6. The first-order valence-corrected chi connectivity index (χ1v) is 12.2. The van der Waals surface area contributed by atoms with Crippen molar-refractivity contribution in [3.8, 4) is 6.07 Å². The van der Waals surface area contributed by atoms with Gasteiger partial charge in [0.2, 0.25) is 0 Å². The molecule has 3 fully saturated rings. The SMILES string of the molecule is N#Cc1ccc(C(=O)N2CCN(c3ccc(N4CCN(CC5CCCO5)CC4)nn3)CC2)cc1. The van der Waals surface area contributed by atoms with Crippen LogP contribution in [0.3, 0.4) is 0 Å². The molecule has 1 aromatic carbocycles. The van der Waals surface area contributed by atoms with Crippen molar-refractivity contribution < 1.29 is 9.53 Å². The Morgan fingerprint density at radius 3 is 2.06 bits per heavy atom. The van der Waals surface area contributed by atoms with E-state index in [1.54, 1.807) is 24.3 Å². The van der Waals surface area contributed by atoms with Crippen LogP contribution in [-0.4, -0.2) is 97.5 Å². The van der Waals surface area contributed by atoms with Crippen LogP contribution in [0.25, 0.3) is 0 Å². The molecule has 0 spiro atoms. The minimum Gasteiger partial charge on any atom is -0.377 e. The summed E-state index contributed by atoms with van der Waals surface area (Å²) in [5.74, 6) is 1.78. The van der Waals surface area contributed by atoms with Crippen molar-refractivity contribution in [2.75, 3.05) is 75.3 Å². The van der Waals surface area contributed by atoms with Crippen LogP contribution in [0.2, 0.25) is 0 Å². The number of carbonyl (C=O) groups is 1. The van der Waals surface area contributed by atoms with Gasteiger partial charge in [0.05, 0.1) is 17.7 Å². The second kappa shape index (κ2) is 10.4. The Hall–Kier alpha value is -3.22. The molecule has 0 saturated carbocycles. The van der Waals surface area contributed by atoms with E-state index in [-0.39, 0.29) is 5.91 Å². The third-order valence-electron chi connectivity index (χ3n) is 6.97. The fraction of sp³-hybridized carbons (Fsp3) is 0.520. The molecular formula is C25H31N7O2. The molecule has 9 nitrogen and oxygen atoms in total. The second-order valence-corrected chi connectivity index (χ2v) is 9.14. The Morgan fingerprint density at radius 2 is 1.53 bits per heavy atom. The molecule has 2 aromatic rings. The topological polar surface area (TPSA) is 88.8 Å². The number of rotatable bonds is 5. The number of amides is 1. The van der Waals surface area contributed by atoms with E-state index in [0.29, 0.717) is 30.3 Å². The number of ether oxygens (including phenoxy) is 1. The Bertz CT molecular complexity index is 999. The molecule has 1 atom stereocenters. The summed E-state index contributed by atoms with van der Waals surface area (Å²) in [6.07, 6.45) is 2.78. The molecule has 0 N–H and O–H groups in total. The molecule has 178 valence electrons. The first kappa shape index (κ1) is 22.6. The monoisotopic (exact) mass is 461 g/mol. The van der Waals surface area contributed by atoms with Crippen LogP contribution in [-0.2, 0) is 4.74 Å². The van der Waals surface area contributed by atoms with Gasteiger partial charge in [0.1, 0.15) is 0 Å². The summed E-state index contributed by atoms with van der Waals surface area (Å²) in [6, 6.07) is 13.0. The molecule has 3 aliphatic heterocycles. The standard InChI is InChI=1S/C25H31N7O2/c26-18-20-3-5-21(6-4-20)25(33)32-15-13-31(14-16-32)24-8-7-23(27-28-24)30-11-9-29(10-12-30)19-22-2-1-17-34-22/h3-8,22H,1-2,9-17,19H2. The highest BCUT2D eigenvalue weighted by Gasteiger charge is 2.25. The number of carbonyl (C=O) groups excluding carboxylic acids is 1.